The van der Waals surface area contributed by atoms with Crippen LogP contribution in [0.25, 0.3) is 0 Å². The number of nitrogens with two attached hydrogens (primary N) is 1. The topological polar surface area (TPSA) is 68.0 Å². The number of amides is 1. The number of hydrogen-bond acceptors (Lipinski definition) is 3. The number of pyridine rings is 1. The van der Waals surface area contributed by atoms with Gasteiger partial charge in [0.2, 0.25) is 0 Å². The van der Waals surface area contributed by atoms with Gasteiger partial charge in [0.05, 0.1) is 0 Å². The van der Waals surface area contributed by atoms with Gasteiger partial charge in [-0.3, -0.25) is 9.78 Å². The van der Waals surface area contributed by atoms with Crippen LogP contribution in [0.5, 0.6) is 0 Å². The molecule has 0 radical (unpaired) electrons. The molecule has 2 rings (SSSR count). The lowest BCUT2D eigenvalue weighted by Crippen LogP contribution is -2.27. The molecule has 1 heterocycles. The molecule has 1 aromatic rings. The van der Waals surface area contributed by atoms with Crippen molar-refractivity contribution in [1.82, 2.24) is 10.3 Å². The summed E-state index contributed by atoms with van der Waals surface area (Å²) in [6, 6.07) is 3.59. The Kier molecular flexibility index (Phi) is 5.33. The molecular formula is C15H23N3O. The van der Waals surface area contributed by atoms with Gasteiger partial charge in [0.1, 0.15) is 5.69 Å². The number of nitrogens with zero attached hydrogens (tertiary/aromatic N) is 1. The smallest absolute Gasteiger partial charge is 0.269 e. The molecule has 1 fully saturated rings. The summed E-state index contributed by atoms with van der Waals surface area (Å²) in [5.41, 5.74) is 6.96. The largest absolute Gasteiger partial charge is 0.351 e. The summed E-state index contributed by atoms with van der Waals surface area (Å²) in [6.45, 7) is 1.18. The van der Waals surface area contributed by atoms with Gasteiger partial charge in [-0.1, -0.05) is 32.1 Å². The number of carbonyl (C=O) groups is 1. The van der Waals surface area contributed by atoms with Crippen LogP contribution in [-0.2, 0) is 6.54 Å². The van der Waals surface area contributed by atoms with Crippen molar-refractivity contribution in [1.29, 1.82) is 0 Å². The Morgan fingerprint density at radius 2 is 2.16 bits per heavy atom. The van der Waals surface area contributed by atoms with Crippen molar-refractivity contribution in [3.05, 3.63) is 29.6 Å². The fraction of sp³-hybridized carbons (Fsp3) is 0.600. The van der Waals surface area contributed by atoms with Gasteiger partial charge in [0.15, 0.2) is 0 Å². The van der Waals surface area contributed by atoms with Crippen LogP contribution in [0.15, 0.2) is 18.3 Å². The molecule has 0 saturated heterocycles. The summed E-state index contributed by atoms with van der Waals surface area (Å²) in [6.07, 6.45) is 9.42. The minimum Gasteiger partial charge on any atom is -0.351 e. The van der Waals surface area contributed by atoms with Crippen LogP contribution in [0.3, 0.4) is 0 Å². The van der Waals surface area contributed by atoms with Gasteiger partial charge in [0, 0.05) is 19.3 Å². The number of aromatic nitrogens is 1. The first-order valence-corrected chi connectivity index (χ1v) is 7.23. The Hall–Kier alpha value is -1.42. The second-order valence-electron chi connectivity index (χ2n) is 5.30. The second kappa shape index (κ2) is 7.24. The molecule has 4 nitrogen and oxygen atoms in total. The van der Waals surface area contributed by atoms with E-state index in [0.29, 0.717) is 12.2 Å². The zero-order valence-corrected chi connectivity index (χ0v) is 11.4. The Labute approximate surface area is 114 Å². The van der Waals surface area contributed by atoms with Gasteiger partial charge >= 0.3 is 0 Å². The van der Waals surface area contributed by atoms with Crippen molar-refractivity contribution in [3.8, 4) is 0 Å². The molecule has 0 aliphatic heterocycles. The third-order valence-corrected chi connectivity index (χ3v) is 3.86. The van der Waals surface area contributed by atoms with Crippen LogP contribution < -0.4 is 11.1 Å². The average Bonchev–Trinajstić information content (AvgIpc) is 2.48. The maximum absolute atomic E-state index is 11.9. The Morgan fingerprint density at radius 3 is 2.89 bits per heavy atom. The van der Waals surface area contributed by atoms with Gasteiger partial charge < -0.3 is 11.1 Å². The van der Waals surface area contributed by atoms with E-state index in [1.165, 1.54) is 32.1 Å². The summed E-state index contributed by atoms with van der Waals surface area (Å²) in [5, 5.41) is 2.96. The standard InChI is InChI=1S/C15H23N3O/c16-11-13-7-8-17-14(10-13)15(19)18-9-6-12-4-2-1-3-5-12/h7-8,10,12H,1-6,9,11,16H2,(H,18,19). The van der Waals surface area contributed by atoms with E-state index in [1.54, 1.807) is 12.3 Å². The van der Waals surface area contributed by atoms with Crippen molar-refractivity contribution in [3.63, 3.8) is 0 Å². The van der Waals surface area contributed by atoms with Crippen molar-refractivity contribution >= 4 is 5.91 Å². The molecule has 1 aliphatic carbocycles. The SMILES string of the molecule is NCc1ccnc(C(=O)NCCC2CCCCC2)c1. The average molecular weight is 261 g/mol. The molecule has 0 spiro atoms. The Morgan fingerprint density at radius 1 is 1.37 bits per heavy atom. The monoisotopic (exact) mass is 261 g/mol. The lowest BCUT2D eigenvalue weighted by molar-refractivity contribution is 0.0945. The lowest BCUT2D eigenvalue weighted by Gasteiger charge is -2.21. The van der Waals surface area contributed by atoms with Crippen molar-refractivity contribution in [2.75, 3.05) is 6.54 Å². The number of nitrogens with one attached hydrogen (secondary N) is 1. The normalized spacial score (nSPS) is 16.3. The van der Waals surface area contributed by atoms with E-state index in [2.05, 4.69) is 10.3 Å². The van der Waals surface area contributed by atoms with Crippen LogP contribution in [0, 0.1) is 5.92 Å². The van der Waals surface area contributed by atoms with Crippen molar-refractivity contribution in [2.24, 2.45) is 11.7 Å². The molecule has 0 unspecified atom stereocenters. The molecule has 4 heteroatoms. The summed E-state index contributed by atoms with van der Waals surface area (Å²) < 4.78 is 0. The van der Waals surface area contributed by atoms with Crippen molar-refractivity contribution in [2.45, 2.75) is 45.1 Å². The first-order valence-electron chi connectivity index (χ1n) is 7.23. The fourth-order valence-electron chi connectivity index (χ4n) is 2.68. The van der Waals surface area contributed by atoms with E-state index in [4.69, 9.17) is 5.73 Å². The Balaban J connectivity index is 1.77. The highest BCUT2D eigenvalue weighted by Crippen LogP contribution is 2.25. The highest BCUT2D eigenvalue weighted by molar-refractivity contribution is 5.92. The second-order valence-corrected chi connectivity index (χ2v) is 5.30. The quantitative estimate of drug-likeness (QED) is 0.854. The maximum atomic E-state index is 11.9. The molecule has 1 aliphatic rings. The molecule has 0 aromatic carbocycles. The molecular weight excluding hydrogens is 238 g/mol. The predicted octanol–water partition coefficient (Wildman–Crippen LogP) is 2.24. The van der Waals surface area contributed by atoms with Gasteiger partial charge in [-0.2, -0.15) is 0 Å². The van der Waals surface area contributed by atoms with Crippen LogP contribution in [0.4, 0.5) is 0 Å². The van der Waals surface area contributed by atoms with E-state index >= 15 is 0 Å². The van der Waals surface area contributed by atoms with E-state index < -0.39 is 0 Å². The molecule has 1 saturated carbocycles. The third-order valence-electron chi connectivity index (χ3n) is 3.86. The first kappa shape index (κ1) is 14.0. The number of rotatable bonds is 5. The lowest BCUT2D eigenvalue weighted by atomic mass is 9.87. The van der Waals surface area contributed by atoms with Crippen LogP contribution in [-0.4, -0.2) is 17.4 Å². The number of hydrogen-bond donors (Lipinski definition) is 2. The van der Waals surface area contributed by atoms with E-state index in [9.17, 15) is 4.79 Å². The third kappa shape index (κ3) is 4.31. The summed E-state index contributed by atoms with van der Waals surface area (Å²) in [4.78, 5) is 16.0. The molecule has 1 aromatic heterocycles. The molecule has 1 amide bonds. The van der Waals surface area contributed by atoms with Gasteiger partial charge in [-0.05, 0) is 30.0 Å². The summed E-state index contributed by atoms with van der Waals surface area (Å²) in [7, 11) is 0. The summed E-state index contributed by atoms with van der Waals surface area (Å²) in [5.74, 6) is 0.698. The van der Waals surface area contributed by atoms with Crippen LogP contribution in [0.2, 0.25) is 0 Å². The molecule has 0 bridgehead atoms. The minimum absolute atomic E-state index is 0.0916. The summed E-state index contributed by atoms with van der Waals surface area (Å²) >= 11 is 0. The molecule has 0 atom stereocenters. The zero-order chi connectivity index (χ0) is 13.5. The van der Waals surface area contributed by atoms with Crippen LogP contribution >= 0.6 is 0 Å². The van der Waals surface area contributed by atoms with E-state index in [1.807, 2.05) is 6.07 Å². The van der Waals surface area contributed by atoms with Crippen LogP contribution in [0.1, 0.15) is 54.6 Å². The highest BCUT2D eigenvalue weighted by Gasteiger charge is 2.14. The molecule has 104 valence electrons. The highest BCUT2D eigenvalue weighted by atomic mass is 16.1. The first-order chi connectivity index (χ1) is 9.29. The van der Waals surface area contributed by atoms with Gasteiger partial charge in [0.25, 0.3) is 5.91 Å². The minimum atomic E-state index is -0.0916. The van der Waals surface area contributed by atoms with E-state index in [0.717, 1.165) is 24.4 Å². The predicted molar refractivity (Wildman–Crippen MR) is 75.7 cm³/mol. The van der Waals surface area contributed by atoms with Gasteiger partial charge in [-0.25, -0.2) is 0 Å². The fourth-order valence-corrected chi connectivity index (χ4v) is 2.68. The van der Waals surface area contributed by atoms with E-state index in [-0.39, 0.29) is 5.91 Å². The molecule has 19 heavy (non-hydrogen) atoms. The number of carbonyl (C=O) groups excluding carboxylic acids is 1. The zero-order valence-electron chi connectivity index (χ0n) is 11.4. The maximum Gasteiger partial charge on any atom is 0.269 e. The molecule has 3 N–H and O–H groups in total. The Bertz CT molecular complexity index is 414. The van der Waals surface area contributed by atoms with Crippen molar-refractivity contribution < 1.29 is 4.79 Å². The van der Waals surface area contributed by atoms with Gasteiger partial charge in [-0.15, -0.1) is 0 Å².